The normalized spacial score (nSPS) is 19.3. The maximum absolute atomic E-state index is 11.0. The number of aryl methyl sites for hydroxylation is 1. The maximum Gasteiger partial charge on any atom is 0.303 e. The zero-order valence-corrected chi connectivity index (χ0v) is 19.5. The van der Waals surface area contributed by atoms with Crippen LogP contribution in [0.25, 0.3) is 28.0 Å². The van der Waals surface area contributed by atoms with Crippen molar-refractivity contribution in [2.75, 3.05) is 0 Å². The van der Waals surface area contributed by atoms with Crippen molar-refractivity contribution >= 4 is 22.6 Å². The van der Waals surface area contributed by atoms with Gasteiger partial charge in [-0.1, -0.05) is 55.1 Å². The molecule has 170 valence electrons. The third kappa shape index (κ3) is 5.51. The van der Waals surface area contributed by atoms with Gasteiger partial charge < -0.3 is 10.1 Å². The molecule has 33 heavy (non-hydrogen) atoms. The topological polar surface area (TPSA) is 66.0 Å². The highest BCUT2D eigenvalue weighted by atomic mass is 16.4. The van der Waals surface area contributed by atoms with E-state index in [9.17, 15) is 4.79 Å². The monoisotopic (exact) mass is 440 g/mol. The fourth-order valence-electron chi connectivity index (χ4n) is 4.81. The van der Waals surface area contributed by atoms with Gasteiger partial charge in [-0.25, -0.2) is 4.98 Å². The average Bonchev–Trinajstić information content (AvgIpc) is 3.23. The van der Waals surface area contributed by atoms with Crippen molar-refractivity contribution < 1.29 is 9.90 Å². The van der Waals surface area contributed by atoms with Gasteiger partial charge in [-0.05, 0) is 85.8 Å². The van der Waals surface area contributed by atoms with Gasteiger partial charge >= 0.3 is 5.97 Å². The Balaban J connectivity index is 1.40. The first kappa shape index (κ1) is 22.8. The summed E-state index contributed by atoms with van der Waals surface area (Å²) in [5.74, 6) is 1.02. The van der Waals surface area contributed by atoms with E-state index < -0.39 is 5.97 Å². The number of hydrogen-bond donors (Lipinski definition) is 2. The molecule has 1 aliphatic rings. The number of fused-ring (bicyclic) bond motifs is 1. The van der Waals surface area contributed by atoms with Crippen molar-refractivity contribution in [3.05, 3.63) is 84.0 Å². The van der Waals surface area contributed by atoms with Crippen molar-refractivity contribution in [3.8, 4) is 11.4 Å². The van der Waals surface area contributed by atoms with Crippen LogP contribution in [0.1, 0.15) is 50.2 Å². The van der Waals surface area contributed by atoms with Gasteiger partial charge in [0.05, 0.1) is 11.0 Å². The molecule has 0 atom stereocenters. The highest BCUT2D eigenvalue weighted by Gasteiger charge is 2.24. The number of benzene rings is 2. The molecule has 0 unspecified atom stereocenters. The molecule has 4 heteroatoms. The second-order valence-corrected chi connectivity index (χ2v) is 9.15. The molecule has 2 N–H and O–H groups in total. The Morgan fingerprint density at radius 3 is 2.52 bits per heavy atom. The summed E-state index contributed by atoms with van der Waals surface area (Å²) in [6.45, 7) is 8.42. The number of carboxylic acid groups (broad SMARTS) is 1. The average molecular weight is 441 g/mol. The molecule has 0 saturated heterocycles. The highest BCUT2D eigenvalue weighted by molar-refractivity contribution is 5.80. The Morgan fingerprint density at radius 1 is 1.12 bits per heavy atom. The minimum Gasteiger partial charge on any atom is -0.481 e. The van der Waals surface area contributed by atoms with Crippen molar-refractivity contribution in [2.24, 2.45) is 11.8 Å². The van der Waals surface area contributed by atoms with Gasteiger partial charge in [-0.15, -0.1) is 0 Å². The zero-order valence-electron chi connectivity index (χ0n) is 19.5. The predicted molar refractivity (Wildman–Crippen MR) is 136 cm³/mol. The van der Waals surface area contributed by atoms with Crippen LogP contribution >= 0.6 is 0 Å². The smallest absolute Gasteiger partial charge is 0.303 e. The summed E-state index contributed by atoms with van der Waals surface area (Å²) in [5, 5.41) is 9.03. The summed E-state index contributed by atoms with van der Waals surface area (Å²) in [4.78, 5) is 19.1. The number of imidazole rings is 1. The van der Waals surface area contributed by atoms with Crippen LogP contribution in [0, 0.1) is 18.8 Å². The Kier molecular flexibility index (Phi) is 6.93. The Morgan fingerprint density at radius 2 is 1.85 bits per heavy atom. The molecule has 1 aliphatic carbocycles. The largest absolute Gasteiger partial charge is 0.481 e. The standard InChI is InChI=1S/C29H32N2O2/c1-4-22(24-10-7-21(8-11-24)18-28(32)33)9-6-20(3)23-12-14-25(15-13-23)29-30-26-16-5-19(2)17-27(26)31-29/h4-6,9,12-17,21,24H,3,7-8,10-11,18H2,1-2H3,(H,30,31)(H,32,33)/b9-6-,22-4+. The van der Waals surface area contributed by atoms with Crippen LogP contribution in [0.15, 0.2) is 72.8 Å². The third-order valence-corrected chi connectivity index (χ3v) is 6.76. The number of aliphatic carboxylic acids is 1. The van der Waals surface area contributed by atoms with E-state index >= 15 is 0 Å². The van der Waals surface area contributed by atoms with Gasteiger partial charge in [0.15, 0.2) is 0 Å². The molecule has 0 spiro atoms. The molecule has 4 nitrogen and oxygen atoms in total. The van der Waals surface area contributed by atoms with Crippen molar-refractivity contribution in [1.82, 2.24) is 9.97 Å². The molecule has 1 aromatic heterocycles. The molecule has 1 fully saturated rings. The molecule has 0 aliphatic heterocycles. The van der Waals surface area contributed by atoms with E-state index in [1.54, 1.807) is 0 Å². The molecule has 0 amide bonds. The summed E-state index contributed by atoms with van der Waals surface area (Å²) in [6.07, 6.45) is 10.8. The SMILES string of the molecule is C=C(/C=C\C(=C/C)C1CCC(CC(=O)O)CC1)c1ccc(-c2nc3ccc(C)cc3[nH]2)cc1. The van der Waals surface area contributed by atoms with E-state index in [-0.39, 0.29) is 0 Å². The Bertz CT molecular complexity index is 1210. The number of aromatic nitrogens is 2. The van der Waals surface area contributed by atoms with E-state index in [1.165, 1.54) is 11.1 Å². The second kappa shape index (κ2) is 10.0. The summed E-state index contributed by atoms with van der Waals surface area (Å²) in [7, 11) is 0. The molecule has 0 radical (unpaired) electrons. The van der Waals surface area contributed by atoms with Crippen molar-refractivity contribution in [3.63, 3.8) is 0 Å². The number of nitrogens with zero attached hydrogens (tertiary/aromatic N) is 1. The Labute approximate surface area is 195 Å². The first-order valence-corrected chi connectivity index (χ1v) is 11.7. The highest BCUT2D eigenvalue weighted by Crippen LogP contribution is 2.35. The molecule has 0 bridgehead atoms. The summed E-state index contributed by atoms with van der Waals surface area (Å²) in [6, 6.07) is 14.6. The number of H-pyrrole nitrogens is 1. The van der Waals surface area contributed by atoms with Crippen LogP contribution in [-0.2, 0) is 4.79 Å². The van der Waals surface area contributed by atoms with E-state index in [1.807, 2.05) is 6.07 Å². The first-order chi connectivity index (χ1) is 15.9. The summed E-state index contributed by atoms with van der Waals surface area (Å²) in [5.41, 5.74) is 7.67. The van der Waals surface area contributed by atoms with E-state index in [0.717, 1.165) is 59.2 Å². The number of rotatable bonds is 7. The molecular formula is C29H32N2O2. The predicted octanol–water partition coefficient (Wildman–Crippen LogP) is 7.34. The van der Waals surface area contributed by atoms with Crippen LogP contribution in [0.5, 0.6) is 0 Å². The van der Waals surface area contributed by atoms with Gasteiger partial charge in [0.2, 0.25) is 0 Å². The van der Waals surface area contributed by atoms with Crippen molar-refractivity contribution in [1.29, 1.82) is 0 Å². The molecule has 3 aromatic rings. The van der Waals surface area contributed by atoms with Crippen LogP contribution in [0.4, 0.5) is 0 Å². The number of nitrogens with one attached hydrogen (secondary N) is 1. The van der Waals surface area contributed by atoms with Crippen LogP contribution in [0.3, 0.4) is 0 Å². The van der Waals surface area contributed by atoms with Gasteiger partial charge in [0.25, 0.3) is 0 Å². The number of allylic oxidation sites excluding steroid dienone is 5. The lowest BCUT2D eigenvalue weighted by atomic mass is 9.77. The molecule has 4 rings (SSSR count). The molecule has 1 saturated carbocycles. The lowest BCUT2D eigenvalue weighted by molar-refractivity contribution is -0.138. The van der Waals surface area contributed by atoms with Crippen LogP contribution < -0.4 is 0 Å². The minimum atomic E-state index is -0.678. The zero-order chi connectivity index (χ0) is 23.4. The van der Waals surface area contributed by atoms with Crippen molar-refractivity contribution in [2.45, 2.75) is 46.0 Å². The van der Waals surface area contributed by atoms with Gasteiger partial charge in [-0.2, -0.15) is 0 Å². The summed E-state index contributed by atoms with van der Waals surface area (Å²) < 4.78 is 0. The lowest BCUT2D eigenvalue weighted by Crippen LogP contribution is -2.18. The molecular weight excluding hydrogens is 408 g/mol. The Hall–Kier alpha value is -3.40. The number of aromatic amines is 1. The number of carboxylic acids is 1. The molecule has 1 heterocycles. The number of carbonyl (C=O) groups is 1. The van der Waals surface area contributed by atoms with E-state index in [4.69, 9.17) is 10.1 Å². The minimum absolute atomic E-state index is 0.300. The lowest BCUT2D eigenvalue weighted by Gasteiger charge is -2.28. The van der Waals surface area contributed by atoms with Crippen LogP contribution in [0.2, 0.25) is 0 Å². The fraction of sp³-hybridized carbons (Fsp3) is 0.310. The summed E-state index contributed by atoms with van der Waals surface area (Å²) >= 11 is 0. The first-order valence-electron chi connectivity index (χ1n) is 11.7. The van der Waals surface area contributed by atoms with Gasteiger partial charge in [0.1, 0.15) is 5.82 Å². The fourth-order valence-corrected chi connectivity index (χ4v) is 4.81. The maximum atomic E-state index is 11.0. The van der Waals surface area contributed by atoms with E-state index in [2.05, 4.69) is 80.0 Å². The van der Waals surface area contributed by atoms with Gasteiger partial charge in [0, 0.05) is 12.0 Å². The second-order valence-electron chi connectivity index (χ2n) is 9.15. The van der Waals surface area contributed by atoms with Gasteiger partial charge in [-0.3, -0.25) is 4.79 Å². The quantitative estimate of drug-likeness (QED) is 0.378. The van der Waals surface area contributed by atoms with E-state index in [0.29, 0.717) is 18.3 Å². The molecule has 2 aromatic carbocycles. The third-order valence-electron chi connectivity index (χ3n) is 6.76. The van der Waals surface area contributed by atoms with Crippen LogP contribution in [-0.4, -0.2) is 21.0 Å². The number of hydrogen-bond acceptors (Lipinski definition) is 2.